The zero-order valence-electron chi connectivity index (χ0n) is 20.2. The van der Waals surface area contributed by atoms with Gasteiger partial charge in [0.2, 0.25) is 11.8 Å². The van der Waals surface area contributed by atoms with Crippen LogP contribution in [0.3, 0.4) is 0 Å². The number of amides is 2. The molecular formula is C27H35FN2O3S. The first-order chi connectivity index (χ1) is 16.4. The van der Waals surface area contributed by atoms with Crippen molar-refractivity contribution in [3.63, 3.8) is 0 Å². The molecule has 1 atom stereocenters. The monoisotopic (exact) mass is 486 g/mol. The number of hydrogen-bond donors (Lipinski definition) is 0. The van der Waals surface area contributed by atoms with Crippen LogP contribution in [0.5, 0.6) is 5.75 Å². The van der Waals surface area contributed by atoms with Crippen molar-refractivity contribution >= 4 is 23.2 Å². The van der Waals surface area contributed by atoms with Crippen molar-refractivity contribution < 1.29 is 18.7 Å². The van der Waals surface area contributed by atoms with Gasteiger partial charge in [0.15, 0.2) is 0 Å². The number of fused-ring (bicyclic) bond motifs is 1. The van der Waals surface area contributed by atoms with Gasteiger partial charge in [-0.05, 0) is 60.7 Å². The lowest BCUT2D eigenvalue weighted by atomic mass is 10.00. The van der Waals surface area contributed by atoms with Crippen molar-refractivity contribution in [1.82, 2.24) is 9.80 Å². The van der Waals surface area contributed by atoms with Crippen molar-refractivity contribution in [2.24, 2.45) is 11.8 Å². The highest BCUT2D eigenvalue weighted by atomic mass is 32.1. The highest BCUT2D eigenvalue weighted by molar-refractivity contribution is 7.10. The van der Waals surface area contributed by atoms with Crippen molar-refractivity contribution in [3.05, 3.63) is 52.0 Å². The van der Waals surface area contributed by atoms with E-state index in [1.54, 1.807) is 28.4 Å². The smallest absolute Gasteiger partial charge is 0.242 e. The summed E-state index contributed by atoms with van der Waals surface area (Å²) in [6, 6.07) is 7.88. The van der Waals surface area contributed by atoms with Crippen LogP contribution in [0.4, 0.5) is 4.39 Å². The SMILES string of the molecule is CC(C)CCN(CC(=O)N1CCc2sccc2[C@@H]1COc1cccc(F)c1)C(=O)C1CCCC1. The van der Waals surface area contributed by atoms with Gasteiger partial charge in [-0.15, -0.1) is 11.3 Å². The third kappa shape index (κ3) is 5.98. The van der Waals surface area contributed by atoms with E-state index in [0.29, 0.717) is 24.8 Å². The van der Waals surface area contributed by atoms with Crippen LogP contribution in [-0.2, 0) is 16.0 Å². The number of rotatable bonds is 9. The predicted molar refractivity (Wildman–Crippen MR) is 132 cm³/mol. The molecule has 1 aliphatic carbocycles. The van der Waals surface area contributed by atoms with Crippen LogP contribution in [-0.4, -0.2) is 47.9 Å². The van der Waals surface area contributed by atoms with E-state index in [1.165, 1.54) is 17.0 Å². The molecule has 1 aromatic heterocycles. The third-order valence-corrected chi connectivity index (χ3v) is 7.93. The second-order valence-corrected chi connectivity index (χ2v) is 10.8. The average Bonchev–Trinajstić information content (AvgIpc) is 3.51. The molecular weight excluding hydrogens is 451 g/mol. The fourth-order valence-electron chi connectivity index (χ4n) is 4.97. The molecule has 1 aliphatic heterocycles. The molecule has 0 radical (unpaired) electrons. The van der Waals surface area contributed by atoms with Crippen LogP contribution in [0.2, 0.25) is 0 Å². The fourth-order valence-corrected chi connectivity index (χ4v) is 5.90. The predicted octanol–water partition coefficient (Wildman–Crippen LogP) is 5.46. The van der Waals surface area contributed by atoms with Gasteiger partial charge in [-0.3, -0.25) is 9.59 Å². The first kappa shape index (κ1) is 24.7. The van der Waals surface area contributed by atoms with Gasteiger partial charge in [-0.1, -0.05) is 32.8 Å². The minimum absolute atomic E-state index is 0.0419. The first-order valence-corrected chi connectivity index (χ1v) is 13.3. The average molecular weight is 487 g/mol. The van der Waals surface area contributed by atoms with Crippen molar-refractivity contribution in [1.29, 1.82) is 0 Å². The number of benzene rings is 1. The summed E-state index contributed by atoms with van der Waals surface area (Å²) >= 11 is 1.70. The van der Waals surface area contributed by atoms with Crippen LogP contribution >= 0.6 is 11.3 Å². The molecule has 184 valence electrons. The Morgan fingerprint density at radius 2 is 2.03 bits per heavy atom. The minimum Gasteiger partial charge on any atom is -0.491 e. The summed E-state index contributed by atoms with van der Waals surface area (Å²) in [5.41, 5.74) is 1.09. The van der Waals surface area contributed by atoms with Crippen molar-refractivity contribution in [2.75, 3.05) is 26.2 Å². The molecule has 4 rings (SSSR count). The molecule has 0 unspecified atom stereocenters. The zero-order chi connectivity index (χ0) is 24.1. The maximum absolute atomic E-state index is 13.6. The molecule has 7 heteroatoms. The Morgan fingerprint density at radius 1 is 1.24 bits per heavy atom. The van der Waals surface area contributed by atoms with Gasteiger partial charge < -0.3 is 14.5 Å². The summed E-state index contributed by atoms with van der Waals surface area (Å²) in [7, 11) is 0. The summed E-state index contributed by atoms with van der Waals surface area (Å²) in [5.74, 6) is 0.704. The number of carbonyl (C=O) groups excluding carboxylic acids is 2. The summed E-state index contributed by atoms with van der Waals surface area (Å²) in [5, 5.41) is 2.05. The number of hydrogen-bond acceptors (Lipinski definition) is 4. The van der Waals surface area contributed by atoms with Crippen LogP contribution in [0.25, 0.3) is 0 Å². The molecule has 34 heavy (non-hydrogen) atoms. The molecule has 2 aromatic rings. The van der Waals surface area contributed by atoms with Gasteiger partial charge in [-0.25, -0.2) is 4.39 Å². The number of ether oxygens (including phenoxy) is 1. The molecule has 5 nitrogen and oxygen atoms in total. The Kier molecular flexibility index (Phi) is 8.24. The molecule has 2 amide bonds. The van der Waals surface area contributed by atoms with E-state index in [0.717, 1.165) is 44.1 Å². The van der Waals surface area contributed by atoms with E-state index >= 15 is 0 Å². The fraction of sp³-hybridized carbons (Fsp3) is 0.556. The largest absolute Gasteiger partial charge is 0.491 e. The first-order valence-electron chi connectivity index (χ1n) is 12.4. The molecule has 2 heterocycles. The maximum Gasteiger partial charge on any atom is 0.242 e. The number of thiophene rings is 1. The van der Waals surface area contributed by atoms with E-state index in [2.05, 4.69) is 19.9 Å². The Morgan fingerprint density at radius 3 is 2.76 bits per heavy atom. The molecule has 0 bridgehead atoms. The Balaban J connectivity index is 1.49. The minimum atomic E-state index is -0.350. The van der Waals surface area contributed by atoms with Crippen LogP contribution in [0.1, 0.15) is 62.4 Å². The van der Waals surface area contributed by atoms with E-state index in [-0.39, 0.29) is 42.7 Å². The quantitative estimate of drug-likeness (QED) is 0.473. The molecule has 0 saturated heterocycles. The highest BCUT2D eigenvalue weighted by Crippen LogP contribution is 2.34. The van der Waals surface area contributed by atoms with Crippen LogP contribution in [0.15, 0.2) is 35.7 Å². The second kappa shape index (κ2) is 11.3. The number of carbonyl (C=O) groups is 2. The normalized spacial score (nSPS) is 18.2. The topological polar surface area (TPSA) is 49.9 Å². The lowest BCUT2D eigenvalue weighted by molar-refractivity contribution is -0.144. The third-order valence-electron chi connectivity index (χ3n) is 6.94. The molecule has 0 spiro atoms. The van der Waals surface area contributed by atoms with E-state index < -0.39 is 0 Å². The summed E-state index contributed by atoms with van der Waals surface area (Å²) in [6.45, 7) is 5.85. The molecule has 2 aliphatic rings. The number of nitrogens with zero attached hydrogens (tertiary/aromatic N) is 2. The standard InChI is InChI=1S/C27H35FN2O3S/c1-19(2)10-13-29(27(32)20-6-3-4-7-20)17-26(31)30-14-11-25-23(12-15-34-25)24(30)18-33-22-9-5-8-21(28)16-22/h5,8-9,12,15-16,19-20,24H,3-4,6-7,10-11,13-14,17-18H2,1-2H3/t24-/m0/s1. The van der Waals surface area contributed by atoms with Gasteiger partial charge in [0.05, 0.1) is 12.6 Å². The molecule has 0 N–H and O–H groups in total. The highest BCUT2D eigenvalue weighted by Gasteiger charge is 2.35. The Hall–Kier alpha value is -2.41. The number of halogens is 1. The van der Waals surface area contributed by atoms with Crippen molar-refractivity contribution in [2.45, 2.75) is 58.4 Å². The Labute approximate surface area is 205 Å². The van der Waals surface area contributed by atoms with Crippen LogP contribution < -0.4 is 4.74 Å². The Bertz CT molecular complexity index is 986. The molecule has 1 saturated carbocycles. The maximum atomic E-state index is 13.6. The van der Waals surface area contributed by atoms with Gasteiger partial charge in [-0.2, -0.15) is 0 Å². The van der Waals surface area contributed by atoms with Crippen molar-refractivity contribution in [3.8, 4) is 5.75 Å². The lowest BCUT2D eigenvalue weighted by Gasteiger charge is -2.37. The zero-order valence-corrected chi connectivity index (χ0v) is 21.0. The van der Waals surface area contributed by atoms with Gasteiger partial charge in [0.1, 0.15) is 18.2 Å². The van der Waals surface area contributed by atoms with E-state index in [1.807, 2.05) is 10.3 Å². The van der Waals surface area contributed by atoms with E-state index in [4.69, 9.17) is 4.74 Å². The van der Waals surface area contributed by atoms with Gasteiger partial charge in [0, 0.05) is 30.0 Å². The summed E-state index contributed by atoms with van der Waals surface area (Å²) in [4.78, 5) is 31.8. The lowest BCUT2D eigenvalue weighted by Crippen LogP contribution is -2.49. The molecule has 1 aromatic carbocycles. The summed E-state index contributed by atoms with van der Waals surface area (Å²) in [6.07, 6.45) is 5.72. The van der Waals surface area contributed by atoms with Crippen LogP contribution in [0, 0.1) is 17.7 Å². The van der Waals surface area contributed by atoms with E-state index in [9.17, 15) is 14.0 Å². The van der Waals surface area contributed by atoms with Gasteiger partial charge >= 0.3 is 0 Å². The molecule has 1 fully saturated rings. The second-order valence-electron chi connectivity index (χ2n) is 9.84. The summed E-state index contributed by atoms with van der Waals surface area (Å²) < 4.78 is 19.6. The van der Waals surface area contributed by atoms with Gasteiger partial charge in [0.25, 0.3) is 0 Å².